The normalized spacial score (nSPS) is 20.4. The molecule has 1 fully saturated rings. The number of carbonyl (C=O) groups excluding carboxylic acids is 1. The molecule has 2 rings (SSSR count). The van der Waals surface area contributed by atoms with E-state index in [-0.39, 0.29) is 5.91 Å². The molecule has 0 aromatic heterocycles. The van der Waals surface area contributed by atoms with E-state index in [4.69, 9.17) is 11.6 Å². The summed E-state index contributed by atoms with van der Waals surface area (Å²) in [6.45, 7) is 3.98. The fourth-order valence-electron chi connectivity index (χ4n) is 2.29. The van der Waals surface area contributed by atoms with Gasteiger partial charge in [-0.25, -0.2) is 0 Å². The van der Waals surface area contributed by atoms with Crippen LogP contribution in [-0.2, 0) is 5.88 Å². The number of piperidine rings is 1. The molecule has 1 aliphatic rings. The van der Waals surface area contributed by atoms with Gasteiger partial charge in [-0.3, -0.25) is 4.79 Å². The third-order valence-corrected chi connectivity index (χ3v) is 3.61. The van der Waals surface area contributed by atoms with Crippen LogP contribution in [0.5, 0.6) is 0 Å². The summed E-state index contributed by atoms with van der Waals surface area (Å²) in [4.78, 5) is 14.2. The maximum atomic E-state index is 12.2. The van der Waals surface area contributed by atoms with Crippen LogP contribution in [0.1, 0.15) is 35.7 Å². The summed E-state index contributed by atoms with van der Waals surface area (Å²) in [6, 6.07) is 7.60. The minimum Gasteiger partial charge on any atom is -0.338 e. The summed E-state index contributed by atoms with van der Waals surface area (Å²) in [6.07, 6.45) is 2.35. The Morgan fingerprint density at radius 3 is 2.71 bits per heavy atom. The molecule has 3 heteroatoms. The van der Waals surface area contributed by atoms with E-state index in [0.717, 1.165) is 30.6 Å². The Morgan fingerprint density at radius 2 is 2.12 bits per heavy atom. The predicted octanol–water partition coefficient (Wildman–Crippen LogP) is 3.30. The van der Waals surface area contributed by atoms with Gasteiger partial charge in [0.25, 0.3) is 5.91 Å². The van der Waals surface area contributed by atoms with Crippen LogP contribution in [0, 0.1) is 5.92 Å². The highest BCUT2D eigenvalue weighted by Gasteiger charge is 2.21. The van der Waals surface area contributed by atoms with Gasteiger partial charge in [0.15, 0.2) is 0 Å². The van der Waals surface area contributed by atoms with Gasteiger partial charge < -0.3 is 4.90 Å². The molecule has 2 nitrogen and oxygen atoms in total. The molecule has 1 atom stereocenters. The fourth-order valence-corrected chi connectivity index (χ4v) is 2.47. The molecule has 17 heavy (non-hydrogen) atoms. The Morgan fingerprint density at radius 1 is 1.41 bits per heavy atom. The van der Waals surface area contributed by atoms with E-state index in [1.54, 1.807) is 0 Å². The van der Waals surface area contributed by atoms with Crippen LogP contribution in [0.4, 0.5) is 0 Å². The minimum atomic E-state index is 0.151. The fraction of sp³-hybridized carbons (Fsp3) is 0.500. The molecule has 0 spiro atoms. The number of amides is 1. The highest BCUT2D eigenvalue weighted by Crippen LogP contribution is 2.18. The molecule has 0 N–H and O–H groups in total. The molecule has 0 aliphatic carbocycles. The molecule has 1 aromatic carbocycles. The first-order valence-electron chi connectivity index (χ1n) is 6.15. The quantitative estimate of drug-likeness (QED) is 0.739. The second-order valence-electron chi connectivity index (χ2n) is 4.83. The molecule has 1 amide bonds. The first-order chi connectivity index (χ1) is 8.20. The van der Waals surface area contributed by atoms with E-state index in [0.29, 0.717) is 11.8 Å². The van der Waals surface area contributed by atoms with Gasteiger partial charge in [0, 0.05) is 24.5 Å². The van der Waals surface area contributed by atoms with Crippen LogP contribution < -0.4 is 0 Å². The Bertz CT molecular complexity index is 388. The Kier molecular flexibility index (Phi) is 4.06. The van der Waals surface area contributed by atoms with Gasteiger partial charge in [-0.05, 0) is 36.5 Å². The smallest absolute Gasteiger partial charge is 0.253 e. The van der Waals surface area contributed by atoms with E-state index < -0.39 is 0 Å². The molecule has 0 saturated carbocycles. The SMILES string of the molecule is C[C@H]1CCCN(C(=O)c2ccc(CCl)cc2)C1. The average molecular weight is 252 g/mol. The number of benzene rings is 1. The lowest BCUT2D eigenvalue weighted by Crippen LogP contribution is -2.39. The Labute approximate surface area is 108 Å². The van der Waals surface area contributed by atoms with Crippen LogP contribution in [0.2, 0.25) is 0 Å². The van der Waals surface area contributed by atoms with Gasteiger partial charge >= 0.3 is 0 Å². The van der Waals surface area contributed by atoms with Crippen molar-refractivity contribution in [3.8, 4) is 0 Å². The van der Waals surface area contributed by atoms with Crippen LogP contribution in [0.15, 0.2) is 24.3 Å². The molecule has 0 unspecified atom stereocenters. The number of hydrogen-bond donors (Lipinski definition) is 0. The van der Waals surface area contributed by atoms with E-state index in [1.165, 1.54) is 6.42 Å². The third-order valence-electron chi connectivity index (χ3n) is 3.30. The number of halogens is 1. The zero-order chi connectivity index (χ0) is 12.3. The van der Waals surface area contributed by atoms with Crippen molar-refractivity contribution in [2.24, 2.45) is 5.92 Å². The van der Waals surface area contributed by atoms with Gasteiger partial charge in [0.2, 0.25) is 0 Å². The molecule has 92 valence electrons. The standard InChI is InChI=1S/C14H18ClNO/c1-11-3-2-8-16(10-11)14(17)13-6-4-12(9-15)5-7-13/h4-7,11H,2-3,8-10H2,1H3/t11-/m0/s1. The third kappa shape index (κ3) is 3.01. The zero-order valence-electron chi connectivity index (χ0n) is 10.2. The molecule has 0 radical (unpaired) electrons. The summed E-state index contributed by atoms with van der Waals surface area (Å²) in [5.74, 6) is 1.27. The summed E-state index contributed by atoms with van der Waals surface area (Å²) in [7, 11) is 0. The molecular formula is C14H18ClNO. The van der Waals surface area contributed by atoms with Gasteiger partial charge in [-0.2, -0.15) is 0 Å². The molecule has 1 heterocycles. The summed E-state index contributed by atoms with van der Waals surface area (Å²) in [5, 5.41) is 0. The largest absolute Gasteiger partial charge is 0.338 e. The second-order valence-corrected chi connectivity index (χ2v) is 5.10. The molecular weight excluding hydrogens is 234 g/mol. The highest BCUT2D eigenvalue weighted by atomic mass is 35.5. The van der Waals surface area contributed by atoms with Crippen LogP contribution >= 0.6 is 11.6 Å². The minimum absolute atomic E-state index is 0.151. The van der Waals surface area contributed by atoms with Gasteiger partial charge in [-0.1, -0.05) is 19.1 Å². The lowest BCUT2D eigenvalue weighted by atomic mass is 9.99. The van der Waals surface area contributed by atoms with E-state index >= 15 is 0 Å². The van der Waals surface area contributed by atoms with Crippen molar-refractivity contribution in [3.05, 3.63) is 35.4 Å². The van der Waals surface area contributed by atoms with Gasteiger partial charge in [0.05, 0.1) is 0 Å². The van der Waals surface area contributed by atoms with Crippen LogP contribution in [0.3, 0.4) is 0 Å². The summed E-state index contributed by atoms with van der Waals surface area (Å²) in [5.41, 5.74) is 1.82. The summed E-state index contributed by atoms with van der Waals surface area (Å²) < 4.78 is 0. The van der Waals surface area contributed by atoms with E-state index in [2.05, 4.69) is 6.92 Å². The first kappa shape index (κ1) is 12.4. The highest BCUT2D eigenvalue weighted by molar-refractivity contribution is 6.17. The number of alkyl halides is 1. The number of carbonyl (C=O) groups is 1. The topological polar surface area (TPSA) is 20.3 Å². The second kappa shape index (κ2) is 5.54. The van der Waals surface area contributed by atoms with Crippen molar-refractivity contribution in [2.75, 3.05) is 13.1 Å². The van der Waals surface area contributed by atoms with E-state index in [1.807, 2.05) is 29.2 Å². The molecule has 1 aliphatic heterocycles. The monoisotopic (exact) mass is 251 g/mol. The van der Waals surface area contributed by atoms with Crippen molar-refractivity contribution in [1.29, 1.82) is 0 Å². The van der Waals surface area contributed by atoms with Crippen molar-refractivity contribution < 1.29 is 4.79 Å². The predicted molar refractivity (Wildman–Crippen MR) is 70.3 cm³/mol. The maximum absolute atomic E-state index is 12.2. The zero-order valence-corrected chi connectivity index (χ0v) is 10.9. The average Bonchev–Trinajstić information content (AvgIpc) is 2.38. The molecule has 1 aromatic rings. The Balaban J connectivity index is 2.07. The van der Waals surface area contributed by atoms with Crippen LogP contribution in [-0.4, -0.2) is 23.9 Å². The van der Waals surface area contributed by atoms with Crippen molar-refractivity contribution >= 4 is 17.5 Å². The lowest BCUT2D eigenvalue weighted by Gasteiger charge is -2.31. The number of hydrogen-bond acceptors (Lipinski definition) is 1. The number of nitrogens with zero attached hydrogens (tertiary/aromatic N) is 1. The van der Waals surface area contributed by atoms with Crippen molar-refractivity contribution in [3.63, 3.8) is 0 Å². The van der Waals surface area contributed by atoms with Gasteiger partial charge in [0.1, 0.15) is 0 Å². The van der Waals surface area contributed by atoms with Crippen molar-refractivity contribution in [1.82, 2.24) is 4.90 Å². The molecule has 0 bridgehead atoms. The Hall–Kier alpha value is -1.02. The maximum Gasteiger partial charge on any atom is 0.253 e. The lowest BCUT2D eigenvalue weighted by molar-refractivity contribution is 0.0683. The first-order valence-corrected chi connectivity index (χ1v) is 6.68. The van der Waals surface area contributed by atoms with Crippen LogP contribution in [0.25, 0.3) is 0 Å². The van der Waals surface area contributed by atoms with Crippen molar-refractivity contribution in [2.45, 2.75) is 25.6 Å². The number of rotatable bonds is 2. The van der Waals surface area contributed by atoms with Gasteiger partial charge in [-0.15, -0.1) is 11.6 Å². The molecule has 1 saturated heterocycles. The van der Waals surface area contributed by atoms with E-state index in [9.17, 15) is 4.79 Å². The summed E-state index contributed by atoms with van der Waals surface area (Å²) >= 11 is 5.73. The number of likely N-dealkylation sites (tertiary alicyclic amines) is 1.